The number of amides is 1. The van der Waals surface area contributed by atoms with Crippen LogP contribution in [0.2, 0.25) is 0 Å². The average molecular weight is 202 g/mol. The molecule has 72 valence electrons. The number of likely N-dealkylation sites (tertiary alicyclic amines) is 1. The van der Waals surface area contributed by atoms with Gasteiger partial charge in [0, 0.05) is 19.0 Å². The first-order chi connectivity index (χ1) is 6.27. The number of rotatable bonds is 1. The van der Waals surface area contributed by atoms with Gasteiger partial charge in [-0.1, -0.05) is 11.6 Å². The largest absolute Gasteiger partial charge is 0.433 e. The molecular formula is C9H12ClNO2. The number of hydrogen-bond acceptors (Lipinski definition) is 2. The van der Waals surface area contributed by atoms with E-state index in [0.717, 1.165) is 12.8 Å². The summed E-state index contributed by atoms with van der Waals surface area (Å²) in [4.78, 5) is 12.8. The first kappa shape index (κ1) is 10.2. The highest BCUT2D eigenvalue weighted by Gasteiger charge is 2.21. The molecule has 0 aromatic heterocycles. The van der Waals surface area contributed by atoms with Gasteiger partial charge in [0.15, 0.2) is 6.07 Å². The predicted octanol–water partition coefficient (Wildman–Crippen LogP) is 1.66. The summed E-state index contributed by atoms with van der Waals surface area (Å²) in [6.07, 6.45) is 6.65. The van der Waals surface area contributed by atoms with Crippen molar-refractivity contribution >= 4 is 17.7 Å². The molecule has 1 aliphatic heterocycles. The SMILES string of the molecule is C#CC1CCN(C(=O)OCCl)CC1. The molecule has 0 spiro atoms. The lowest BCUT2D eigenvalue weighted by Crippen LogP contribution is -2.38. The van der Waals surface area contributed by atoms with E-state index in [2.05, 4.69) is 10.7 Å². The van der Waals surface area contributed by atoms with Crippen molar-refractivity contribution in [1.29, 1.82) is 0 Å². The molecule has 0 bridgehead atoms. The van der Waals surface area contributed by atoms with Gasteiger partial charge in [0.05, 0.1) is 0 Å². The molecule has 0 saturated carbocycles. The number of alkyl halides is 1. The van der Waals surface area contributed by atoms with E-state index in [1.54, 1.807) is 4.90 Å². The van der Waals surface area contributed by atoms with Crippen LogP contribution in [0.25, 0.3) is 0 Å². The minimum Gasteiger partial charge on any atom is -0.433 e. The normalized spacial score (nSPS) is 18.0. The second-order valence-electron chi connectivity index (χ2n) is 2.95. The van der Waals surface area contributed by atoms with Crippen molar-refractivity contribution in [2.45, 2.75) is 12.8 Å². The van der Waals surface area contributed by atoms with E-state index < -0.39 is 0 Å². The van der Waals surface area contributed by atoms with Crippen molar-refractivity contribution in [2.75, 3.05) is 19.2 Å². The molecule has 1 amide bonds. The average Bonchev–Trinajstić information content (AvgIpc) is 2.18. The third kappa shape index (κ3) is 2.82. The van der Waals surface area contributed by atoms with E-state index in [1.165, 1.54) is 0 Å². The number of halogens is 1. The minimum atomic E-state index is -0.342. The number of piperidine rings is 1. The van der Waals surface area contributed by atoms with Gasteiger partial charge in [-0.3, -0.25) is 0 Å². The van der Waals surface area contributed by atoms with Gasteiger partial charge >= 0.3 is 6.09 Å². The molecule has 0 unspecified atom stereocenters. The second kappa shape index (κ2) is 4.98. The molecule has 0 aliphatic carbocycles. The zero-order chi connectivity index (χ0) is 9.68. The Labute approximate surface area is 83.0 Å². The van der Waals surface area contributed by atoms with Gasteiger partial charge in [-0.25, -0.2) is 4.79 Å². The second-order valence-corrected chi connectivity index (χ2v) is 3.17. The third-order valence-corrected chi connectivity index (χ3v) is 2.28. The van der Waals surface area contributed by atoms with Crippen LogP contribution in [0.5, 0.6) is 0 Å². The third-order valence-electron chi connectivity index (χ3n) is 2.17. The standard InChI is InChI=1S/C9H12ClNO2/c1-2-8-3-5-11(6-4-8)9(12)13-7-10/h1,8H,3-7H2. The zero-order valence-electron chi connectivity index (χ0n) is 7.33. The van der Waals surface area contributed by atoms with Gasteiger partial charge in [0.2, 0.25) is 0 Å². The summed E-state index contributed by atoms with van der Waals surface area (Å²) in [7, 11) is 0. The summed E-state index contributed by atoms with van der Waals surface area (Å²) in [5.74, 6) is 3.00. The number of terminal acetylenes is 1. The van der Waals surface area contributed by atoms with E-state index in [1.807, 2.05) is 0 Å². The van der Waals surface area contributed by atoms with E-state index >= 15 is 0 Å². The van der Waals surface area contributed by atoms with Gasteiger partial charge in [-0.15, -0.1) is 12.3 Å². The highest BCUT2D eigenvalue weighted by molar-refractivity contribution is 6.17. The Balaban J connectivity index is 2.33. The van der Waals surface area contributed by atoms with Gasteiger partial charge in [-0.2, -0.15) is 0 Å². The van der Waals surface area contributed by atoms with Crippen molar-refractivity contribution in [2.24, 2.45) is 5.92 Å². The van der Waals surface area contributed by atoms with Crippen LogP contribution in [0.15, 0.2) is 0 Å². The van der Waals surface area contributed by atoms with Crippen molar-refractivity contribution in [3.05, 3.63) is 0 Å². The highest BCUT2D eigenvalue weighted by atomic mass is 35.5. The maximum absolute atomic E-state index is 11.2. The molecule has 0 radical (unpaired) electrons. The van der Waals surface area contributed by atoms with E-state index in [-0.39, 0.29) is 12.2 Å². The Morgan fingerprint density at radius 3 is 2.69 bits per heavy atom. The molecule has 0 aromatic rings. The van der Waals surface area contributed by atoms with E-state index in [9.17, 15) is 4.79 Å². The maximum atomic E-state index is 11.2. The first-order valence-corrected chi connectivity index (χ1v) is 4.75. The quantitative estimate of drug-likeness (QED) is 0.477. The molecule has 4 heteroatoms. The molecule has 1 heterocycles. The highest BCUT2D eigenvalue weighted by Crippen LogP contribution is 2.16. The lowest BCUT2D eigenvalue weighted by molar-refractivity contribution is 0.105. The number of carbonyl (C=O) groups is 1. The summed E-state index contributed by atoms with van der Waals surface area (Å²) in [5.41, 5.74) is 0. The molecule has 13 heavy (non-hydrogen) atoms. The smallest absolute Gasteiger partial charge is 0.410 e. The van der Waals surface area contributed by atoms with E-state index in [0.29, 0.717) is 19.0 Å². The van der Waals surface area contributed by atoms with Gasteiger partial charge in [0.1, 0.15) is 0 Å². The number of ether oxygens (including phenoxy) is 1. The molecule has 3 nitrogen and oxygen atoms in total. The summed E-state index contributed by atoms with van der Waals surface area (Å²) >= 11 is 5.27. The fraction of sp³-hybridized carbons (Fsp3) is 0.667. The lowest BCUT2D eigenvalue weighted by atomic mass is 9.98. The van der Waals surface area contributed by atoms with Crippen LogP contribution in [0.3, 0.4) is 0 Å². The summed E-state index contributed by atoms with van der Waals surface area (Å²) in [6.45, 7) is 1.34. The Kier molecular flexibility index (Phi) is 3.91. The molecule has 1 rings (SSSR count). The number of hydrogen-bond donors (Lipinski definition) is 0. The molecule has 1 aliphatic rings. The fourth-order valence-corrected chi connectivity index (χ4v) is 1.46. The van der Waals surface area contributed by atoms with Crippen LogP contribution < -0.4 is 0 Å². The first-order valence-electron chi connectivity index (χ1n) is 4.21. The van der Waals surface area contributed by atoms with Crippen molar-refractivity contribution in [1.82, 2.24) is 4.90 Å². The maximum Gasteiger partial charge on any atom is 0.410 e. The molecule has 1 saturated heterocycles. The molecule has 0 atom stereocenters. The van der Waals surface area contributed by atoms with Crippen molar-refractivity contribution in [3.8, 4) is 12.3 Å². The van der Waals surface area contributed by atoms with Crippen LogP contribution in [-0.4, -0.2) is 30.1 Å². The van der Waals surface area contributed by atoms with Crippen LogP contribution in [-0.2, 0) is 4.74 Å². The lowest BCUT2D eigenvalue weighted by Gasteiger charge is -2.28. The Morgan fingerprint density at radius 2 is 2.23 bits per heavy atom. The Morgan fingerprint density at radius 1 is 1.62 bits per heavy atom. The van der Waals surface area contributed by atoms with Crippen molar-refractivity contribution < 1.29 is 9.53 Å². The topological polar surface area (TPSA) is 29.5 Å². The molecular weight excluding hydrogens is 190 g/mol. The summed E-state index contributed by atoms with van der Waals surface area (Å²) in [5, 5.41) is 0. The summed E-state index contributed by atoms with van der Waals surface area (Å²) in [6, 6.07) is -0.0894. The monoisotopic (exact) mass is 201 g/mol. The van der Waals surface area contributed by atoms with Crippen molar-refractivity contribution in [3.63, 3.8) is 0 Å². The van der Waals surface area contributed by atoms with Crippen LogP contribution in [0, 0.1) is 18.3 Å². The van der Waals surface area contributed by atoms with Gasteiger partial charge in [-0.05, 0) is 12.8 Å². The van der Waals surface area contributed by atoms with Crippen LogP contribution >= 0.6 is 11.6 Å². The molecule has 1 fully saturated rings. The fourth-order valence-electron chi connectivity index (χ4n) is 1.37. The van der Waals surface area contributed by atoms with Crippen LogP contribution in [0.4, 0.5) is 4.79 Å². The Hall–Kier alpha value is -0.880. The van der Waals surface area contributed by atoms with Gasteiger partial charge < -0.3 is 9.64 Å². The number of carbonyl (C=O) groups excluding carboxylic acids is 1. The minimum absolute atomic E-state index is 0.0894. The predicted molar refractivity (Wildman–Crippen MR) is 50.3 cm³/mol. The zero-order valence-corrected chi connectivity index (χ0v) is 8.09. The van der Waals surface area contributed by atoms with E-state index in [4.69, 9.17) is 18.0 Å². The molecule has 0 aromatic carbocycles. The van der Waals surface area contributed by atoms with Gasteiger partial charge in [0.25, 0.3) is 0 Å². The van der Waals surface area contributed by atoms with Crippen LogP contribution in [0.1, 0.15) is 12.8 Å². The summed E-state index contributed by atoms with van der Waals surface area (Å²) < 4.78 is 4.65. The Bertz CT molecular complexity index is 216. The molecule has 0 N–H and O–H groups in total. The number of nitrogens with zero attached hydrogens (tertiary/aromatic N) is 1.